The van der Waals surface area contributed by atoms with E-state index in [1.807, 2.05) is 11.4 Å². The predicted octanol–water partition coefficient (Wildman–Crippen LogP) is 2.12. The molecular formula is C15H17N3OS. The number of aromatic nitrogens is 2. The molecule has 104 valence electrons. The van der Waals surface area contributed by atoms with Gasteiger partial charge in [-0.05, 0) is 54.4 Å². The summed E-state index contributed by atoms with van der Waals surface area (Å²) in [6.45, 7) is 0.693. The largest absolute Gasteiger partial charge is 0.308 e. The molecule has 2 bridgehead atoms. The Morgan fingerprint density at radius 2 is 2.15 bits per heavy atom. The molecule has 5 rings (SSSR count). The Balaban J connectivity index is 1.33. The van der Waals surface area contributed by atoms with Crippen LogP contribution >= 0.6 is 11.3 Å². The lowest BCUT2D eigenvalue weighted by Gasteiger charge is -2.10. The quantitative estimate of drug-likeness (QED) is 0.909. The van der Waals surface area contributed by atoms with Crippen molar-refractivity contribution in [2.45, 2.75) is 31.8 Å². The summed E-state index contributed by atoms with van der Waals surface area (Å²) >= 11 is 1.46. The Hall–Kier alpha value is -1.20. The SMILES string of the molecule is O=c1[nH]c(CNC2C3C4CCC(C4)C23)nc2ccsc12. The second-order valence-electron chi connectivity index (χ2n) is 6.54. The summed E-state index contributed by atoms with van der Waals surface area (Å²) < 4.78 is 0.732. The van der Waals surface area contributed by atoms with Gasteiger partial charge in [0.1, 0.15) is 10.5 Å². The first-order valence-corrected chi connectivity index (χ1v) is 8.39. The summed E-state index contributed by atoms with van der Waals surface area (Å²) in [5, 5.41) is 5.55. The zero-order valence-electron chi connectivity index (χ0n) is 11.1. The Morgan fingerprint density at radius 3 is 2.95 bits per heavy atom. The fourth-order valence-electron chi connectivity index (χ4n) is 4.82. The van der Waals surface area contributed by atoms with Crippen molar-refractivity contribution in [1.29, 1.82) is 0 Å². The minimum Gasteiger partial charge on any atom is -0.308 e. The lowest BCUT2D eigenvalue weighted by molar-refractivity contribution is 0.456. The van der Waals surface area contributed by atoms with Crippen LogP contribution in [-0.2, 0) is 6.54 Å². The van der Waals surface area contributed by atoms with Crippen molar-refractivity contribution < 1.29 is 0 Å². The summed E-state index contributed by atoms with van der Waals surface area (Å²) in [6, 6.07) is 2.61. The second kappa shape index (κ2) is 3.92. The maximum atomic E-state index is 11.9. The van der Waals surface area contributed by atoms with E-state index >= 15 is 0 Å². The van der Waals surface area contributed by atoms with Crippen LogP contribution in [0.3, 0.4) is 0 Å². The van der Waals surface area contributed by atoms with Crippen LogP contribution in [0.4, 0.5) is 0 Å². The molecule has 2 aromatic heterocycles. The molecular weight excluding hydrogens is 270 g/mol. The van der Waals surface area contributed by atoms with Gasteiger partial charge in [-0.25, -0.2) is 4.98 Å². The van der Waals surface area contributed by atoms with Crippen molar-refractivity contribution in [3.63, 3.8) is 0 Å². The average molecular weight is 287 g/mol. The van der Waals surface area contributed by atoms with E-state index in [9.17, 15) is 4.79 Å². The van der Waals surface area contributed by atoms with Crippen LogP contribution < -0.4 is 10.9 Å². The van der Waals surface area contributed by atoms with E-state index in [-0.39, 0.29) is 5.56 Å². The maximum absolute atomic E-state index is 11.9. The standard InChI is InChI=1S/C15H17N3OS/c19-15-14-9(3-4-20-14)17-10(18-15)6-16-13-11-7-1-2-8(5-7)12(11)13/h3-4,7-8,11-13,16H,1-2,5-6H2,(H,17,18,19). The molecule has 2 heterocycles. The molecule has 0 saturated heterocycles. The summed E-state index contributed by atoms with van der Waals surface area (Å²) in [5.41, 5.74) is 0.824. The zero-order valence-corrected chi connectivity index (χ0v) is 12.0. The number of fused-ring (bicyclic) bond motifs is 6. The third-order valence-corrected chi connectivity index (χ3v) is 6.51. The fourth-order valence-corrected chi connectivity index (χ4v) is 5.54. The van der Waals surface area contributed by atoms with Gasteiger partial charge in [0.25, 0.3) is 5.56 Å². The minimum absolute atomic E-state index is 0.00198. The molecule has 3 aliphatic carbocycles. The van der Waals surface area contributed by atoms with Crippen molar-refractivity contribution in [1.82, 2.24) is 15.3 Å². The van der Waals surface area contributed by atoms with Gasteiger partial charge < -0.3 is 10.3 Å². The van der Waals surface area contributed by atoms with E-state index in [0.717, 1.165) is 39.7 Å². The van der Waals surface area contributed by atoms with Crippen LogP contribution in [0.5, 0.6) is 0 Å². The molecule has 20 heavy (non-hydrogen) atoms. The monoisotopic (exact) mass is 287 g/mol. The molecule has 0 spiro atoms. The van der Waals surface area contributed by atoms with E-state index < -0.39 is 0 Å². The van der Waals surface area contributed by atoms with Crippen LogP contribution in [0.15, 0.2) is 16.2 Å². The molecule has 3 aliphatic rings. The van der Waals surface area contributed by atoms with E-state index in [0.29, 0.717) is 12.6 Å². The van der Waals surface area contributed by atoms with Gasteiger partial charge in [0.15, 0.2) is 0 Å². The molecule has 4 unspecified atom stereocenters. The molecule has 2 aromatic rings. The van der Waals surface area contributed by atoms with E-state index in [1.165, 1.54) is 30.6 Å². The van der Waals surface area contributed by atoms with Gasteiger partial charge in [-0.3, -0.25) is 4.79 Å². The summed E-state index contributed by atoms with van der Waals surface area (Å²) in [7, 11) is 0. The highest BCUT2D eigenvalue weighted by Gasteiger charge is 2.64. The van der Waals surface area contributed by atoms with Crippen LogP contribution in [0.2, 0.25) is 0 Å². The minimum atomic E-state index is -0.00198. The number of hydrogen-bond acceptors (Lipinski definition) is 4. The van der Waals surface area contributed by atoms with Crippen LogP contribution in [0.25, 0.3) is 10.2 Å². The maximum Gasteiger partial charge on any atom is 0.268 e. The van der Waals surface area contributed by atoms with Gasteiger partial charge in [0.2, 0.25) is 0 Å². The molecule has 0 radical (unpaired) electrons. The highest BCUT2D eigenvalue weighted by atomic mass is 32.1. The van der Waals surface area contributed by atoms with Crippen molar-refractivity contribution in [3.05, 3.63) is 27.6 Å². The Labute approximate surface area is 120 Å². The topological polar surface area (TPSA) is 57.8 Å². The van der Waals surface area contributed by atoms with E-state index in [4.69, 9.17) is 0 Å². The number of aromatic amines is 1. The lowest BCUT2D eigenvalue weighted by Crippen LogP contribution is -2.25. The first-order valence-electron chi connectivity index (χ1n) is 7.51. The number of rotatable bonds is 3. The van der Waals surface area contributed by atoms with Crippen molar-refractivity contribution in [3.8, 4) is 0 Å². The van der Waals surface area contributed by atoms with Gasteiger partial charge in [0, 0.05) is 6.04 Å². The first kappa shape index (κ1) is 11.5. The summed E-state index contributed by atoms with van der Waals surface area (Å²) in [5.74, 6) is 4.58. The fraction of sp³-hybridized carbons (Fsp3) is 0.600. The van der Waals surface area contributed by atoms with Gasteiger partial charge in [-0.15, -0.1) is 11.3 Å². The first-order chi connectivity index (χ1) is 9.81. The predicted molar refractivity (Wildman–Crippen MR) is 78.7 cm³/mol. The van der Waals surface area contributed by atoms with Gasteiger partial charge in [-0.2, -0.15) is 0 Å². The normalized spacial score (nSPS) is 37.5. The average Bonchev–Trinajstić information content (AvgIpc) is 2.87. The third-order valence-electron chi connectivity index (χ3n) is 5.60. The van der Waals surface area contributed by atoms with Crippen molar-refractivity contribution in [2.75, 3.05) is 0 Å². The third kappa shape index (κ3) is 1.50. The smallest absolute Gasteiger partial charge is 0.268 e. The molecule has 5 heteroatoms. The van der Waals surface area contributed by atoms with Crippen molar-refractivity contribution >= 4 is 21.6 Å². The van der Waals surface area contributed by atoms with Crippen LogP contribution in [0.1, 0.15) is 25.1 Å². The lowest BCUT2D eigenvalue weighted by atomic mass is 10.0. The van der Waals surface area contributed by atoms with E-state index in [2.05, 4.69) is 15.3 Å². The van der Waals surface area contributed by atoms with Gasteiger partial charge in [-0.1, -0.05) is 0 Å². The molecule has 2 N–H and O–H groups in total. The van der Waals surface area contributed by atoms with Crippen LogP contribution in [0, 0.1) is 23.7 Å². The highest BCUT2D eigenvalue weighted by Crippen LogP contribution is 2.65. The van der Waals surface area contributed by atoms with Gasteiger partial charge >= 0.3 is 0 Å². The molecule has 4 atom stereocenters. The van der Waals surface area contributed by atoms with E-state index in [1.54, 1.807) is 0 Å². The second-order valence-corrected chi connectivity index (χ2v) is 7.46. The Bertz CT molecular complexity index is 720. The number of thiophene rings is 1. The number of hydrogen-bond donors (Lipinski definition) is 2. The van der Waals surface area contributed by atoms with Crippen molar-refractivity contribution in [2.24, 2.45) is 23.7 Å². The number of nitrogens with zero attached hydrogens (tertiary/aromatic N) is 1. The Kier molecular flexibility index (Phi) is 2.25. The highest BCUT2D eigenvalue weighted by molar-refractivity contribution is 7.17. The number of nitrogens with one attached hydrogen (secondary N) is 2. The molecule has 0 amide bonds. The molecule has 0 aliphatic heterocycles. The molecule has 0 aromatic carbocycles. The Morgan fingerprint density at radius 1 is 1.35 bits per heavy atom. The summed E-state index contributed by atoms with van der Waals surface area (Å²) in [4.78, 5) is 19.4. The number of H-pyrrole nitrogens is 1. The van der Waals surface area contributed by atoms with Crippen LogP contribution in [-0.4, -0.2) is 16.0 Å². The molecule has 3 saturated carbocycles. The molecule has 4 nitrogen and oxygen atoms in total. The summed E-state index contributed by atoms with van der Waals surface area (Å²) in [6.07, 6.45) is 4.36. The molecule has 3 fully saturated rings. The zero-order chi connectivity index (χ0) is 13.3. The van der Waals surface area contributed by atoms with Gasteiger partial charge in [0.05, 0.1) is 12.1 Å².